The van der Waals surface area contributed by atoms with Crippen LogP contribution in [0, 0.1) is 11.3 Å². The molecule has 1 aromatic carbocycles. The topological polar surface area (TPSA) is 151 Å². The van der Waals surface area contributed by atoms with E-state index in [1.165, 1.54) is 7.11 Å². The molecule has 2 amide bonds. The first kappa shape index (κ1) is 32.3. The number of carbonyl (C=O) groups is 2. The molecule has 1 saturated carbocycles. The third kappa shape index (κ3) is 7.96. The van der Waals surface area contributed by atoms with E-state index in [9.17, 15) is 23.1 Å². The summed E-state index contributed by atoms with van der Waals surface area (Å²) in [6.45, 7) is 7.48. The van der Waals surface area contributed by atoms with Crippen molar-refractivity contribution in [1.82, 2.24) is 10.0 Å². The molecule has 1 fully saturated rings. The van der Waals surface area contributed by atoms with Crippen LogP contribution in [0.25, 0.3) is 0 Å². The summed E-state index contributed by atoms with van der Waals surface area (Å²) in [5.74, 6) is -0.0395. The van der Waals surface area contributed by atoms with E-state index in [4.69, 9.17) is 10.5 Å². The van der Waals surface area contributed by atoms with Crippen LogP contribution in [0.1, 0.15) is 78.2 Å². The molecule has 3 rings (SSSR count). The van der Waals surface area contributed by atoms with Crippen molar-refractivity contribution < 1.29 is 27.9 Å². The molecule has 0 radical (unpaired) electrons. The first-order chi connectivity index (χ1) is 18.7. The second kappa shape index (κ2) is 13.2. The largest absolute Gasteiger partial charge is 0.453 e. The lowest BCUT2D eigenvalue weighted by atomic mass is 9.80. The van der Waals surface area contributed by atoms with Gasteiger partial charge in [-0.05, 0) is 62.5 Å². The van der Waals surface area contributed by atoms with Crippen LogP contribution in [0.3, 0.4) is 0 Å². The molecule has 40 heavy (non-hydrogen) atoms. The number of alkyl carbamates (subject to hydrolysis) is 1. The van der Waals surface area contributed by atoms with Gasteiger partial charge in [0.2, 0.25) is 15.9 Å². The number of amides is 2. The van der Waals surface area contributed by atoms with Crippen LogP contribution in [0.5, 0.6) is 0 Å². The van der Waals surface area contributed by atoms with Crippen LogP contribution < -0.4 is 20.7 Å². The van der Waals surface area contributed by atoms with Crippen LogP contribution in [-0.4, -0.2) is 68.7 Å². The maximum absolute atomic E-state index is 13.5. The fourth-order valence-electron chi connectivity index (χ4n) is 6.05. The molecule has 3 atom stereocenters. The molecule has 1 unspecified atom stereocenters. The lowest BCUT2D eigenvalue weighted by Gasteiger charge is -2.38. The monoisotopic (exact) mass is 580 g/mol. The summed E-state index contributed by atoms with van der Waals surface area (Å²) in [5, 5.41) is 13.6. The molecule has 0 spiro atoms. The molecule has 1 aliphatic heterocycles. The number of para-hydroxylation sites is 1. The minimum absolute atomic E-state index is 0.0804. The number of nitrogens with one attached hydrogen (secondary N) is 2. The Kier molecular flexibility index (Phi) is 10.6. The number of carbonyl (C=O) groups excluding carboxylic acids is 2. The summed E-state index contributed by atoms with van der Waals surface area (Å²) >= 11 is 0. The number of benzene rings is 1. The van der Waals surface area contributed by atoms with Gasteiger partial charge in [-0.3, -0.25) is 4.79 Å². The second-order valence-electron chi connectivity index (χ2n) is 12.7. The van der Waals surface area contributed by atoms with E-state index in [0.717, 1.165) is 43.4 Å². The number of hydrogen-bond donors (Lipinski definition) is 4. The summed E-state index contributed by atoms with van der Waals surface area (Å²) in [5.41, 5.74) is 7.53. The Labute approximate surface area is 239 Å². The zero-order valence-electron chi connectivity index (χ0n) is 24.6. The van der Waals surface area contributed by atoms with E-state index < -0.39 is 38.4 Å². The Morgan fingerprint density at radius 3 is 2.45 bits per heavy atom. The molecule has 1 aliphatic carbocycles. The predicted molar refractivity (Wildman–Crippen MR) is 156 cm³/mol. The standard InChI is InChI=1S/C29H48N4O6S/c1-28(2,16-23(30)25(34)18-31-40(37,38)29(3,4)21-12-7-6-8-13-21)17-26(35)33-19-22(32-27(36)39-5)15-20-11-9-10-14-24(20)33/h9-11,14,21-23,25,31,34H,6-8,12-13,15-19,30H2,1-5H3,(H,32,36)/t22?,23-,25-/m0/s1. The number of aliphatic hydroxyl groups is 1. The Morgan fingerprint density at radius 1 is 1.15 bits per heavy atom. The maximum Gasteiger partial charge on any atom is 0.407 e. The molecule has 0 bridgehead atoms. The van der Waals surface area contributed by atoms with Gasteiger partial charge in [-0.1, -0.05) is 51.3 Å². The van der Waals surface area contributed by atoms with Crippen LogP contribution in [0.15, 0.2) is 24.3 Å². The summed E-state index contributed by atoms with van der Waals surface area (Å²) < 4.78 is 32.7. The van der Waals surface area contributed by atoms with E-state index in [1.54, 1.807) is 18.7 Å². The smallest absolute Gasteiger partial charge is 0.407 e. The zero-order chi connectivity index (χ0) is 29.7. The van der Waals surface area contributed by atoms with Crippen LogP contribution >= 0.6 is 0 Å². The molecular formula is C29H48N4O6S. The average molecular weight is 581 g/mol. The number of hydrogen-bond acceptors (Lipinski definition) is 7. The van der Waals surface area contributed by atoms with Gasteiger partial charge >= 0.3 is 6.09 Å². The average Bonchev–Trinajstić information content (AvgIpc) is 2.90. The molecule has 1 aromatic rings. The zero-order valence-corrected chi connectivity index (χ0v) is 25.4. The maximum atomic E-state index is 13.5. The summed E-state index contributed by atoms with van der Waals surface area (Å²) in [6.07, 6.45) is 4.40. The highest BCUT2D eigenvalue weighted by atomic mass is 32.2. The van der Waals surface area contributed by atoms with E-state index in [1.807, 2.05) is 38.1 Å². The molecule has 0 saturated heterocycles. The summed E-state index contributed by atoms with van der Waals surface area (Å²) in [4.78, 5) is 27.0. The van der Waals surface area contributed by atoms with Gasteiger partial charge in [-0.15, -0.1) is 0 Å². The molecule has 0 aromatic heterocycles. The van der Waals surface area contributed by atoms with Gasteiger partial charge in [0.15, 0.2) is 0 Å². The van der Waals surface area contributed by atoms with Crippen molar-refractivity contribution in [2.75, 3.05) is 25.1 Å². The van der Waals surface area contributed by atoms with Crippen molar-refractivity contribution in [1.29, 1.82) is 0 Å². The minimum Gasteiger partial charge on any atom is -0.453 e. The van der Waals surface area contributed by atoms with Gasteiger partial charge in [-0.25, -0.2) is 17.9 Å². The highest BCUT2D eigenvalue weighted by Gasteiger charge is 2.42. The quantitative estimate of drug-likeness (QED) is 0.314. The van der Waals surface area contributed by atoms with Crippen molar-refractivity contribution in [3.05, 3.63) is 29.8 Å². The normalized spacial score (nSPS) is 20.4. The van der Waals surface area contributed by atoms with Gasteiger partial charge in [0.25, 0.3) is 0 Å². The molecule has 1 heterocycles. The third-order valence-electron chi connectivity index (χ3n) is 8.64. The minimum atomic E-state index is -3.67. The predicted octanol–water partition coefficient (Wildman–Crippen LogP) is 3.07. The SMILES string of the molecule is COC(=O)NC1Cc2ccccc2N(C(=O)CC(C)(C)C[C@H](N)[C@@H](O)CNS(=O)(=O)C(C)(C)C2CCCCC2)C1. The Morgan fingerprint density at radius 2 is 1.80 bits per heavy atom. The van der Waals surface area contributed by atoms with Crippen molar-refractivity contribution in [3.63, 3.8) is 0 Å². The number of fused-ring (bicyclic) bond motifs is 1. The second-order valence-corrected chi connectivity index (χ2v) is 15.1. The molecule has 11 heteroatoms. The Balaban J connectivity index is 1.60. The van der Waals surface area contributed by atoms with Gasteiger partial charge in [0.05, 0.1) is 24.0 Å². The molecule has 10 nitrogen and oxygen atoms in total. The number of ether oxygens (including phenoxy) is 1. The van der Waals surface area contributed by atoms with Crippen LogP contribution in [0.2, 0.25) is 0 Å². The number of aliphatic hydroxyl groups excluding tert-OH is 1. The van der Waals surface area contributed by atoms with E-state index in [-0.39, 0.29) is 30.8 Å². The fraction of sp³-hybridized carbons (Fsp3) is 0.724. The summed E-state index contributed by atoms with van der Waals surface area (Å²) in [6, 6.07) is 6.59. The Bertz CT molecular complexity index is 1130. The lowest BCUT2D eigenvalue weighted by molar-refractivity contribution is -0.120. The van der Waals surface area contributed by atoms with E-state index in [2.05, 4.69) is 10.0 Å². The number of rotatable bonds is 11. The molecular weight excluding hydrogens is 532 g/mol. The molecule has 2 aliphatic rings. The Hall–Kier alpha value is -2.21. The van der Waals surface area contributed by atoms with Gasteiger partial charge in [-0.2, -0.15) is 0 Å². The highest BCUT2D eigenvalue weighted by molar-refractivity contribution is 7.90. The molecule has 226 valence electrons. The third-order valence-corrected chi connectivity index (χ3v) is 10.9. The first-order valence-corrected chi connectivity index (χ1v) is 15.8. The number of nitrogens with zero attached hydrogens (tertiary/aromatic N) is 1. The van der Waals surface area contributed by atoms with Gasteiger partial charge in [0.1, 0.15) is 0 Å². The van der Waals surface area contributed by atoms with Crippen molar-refractivity contribution in [2.24, 2.45) is 17.1 Å². The number of anilines is 1. The number of sulfonamides is 1. The number of nitrogens with two attached hydrogens (primary N) is 1. The van der Waals surface area contributed by atoms with Crippen molar-refractivity contribution in [3.8, 4) is 0 Å². The highest BCUT2D eigenvalue weighted by Crippen LogP contribution is 2.37. The van der Waals surface area contributed by atoms with Gasteiger partial charge < -0.3 is 25.8 Å². The molecule has 5 N–H and O–H groups in total. The lowest BCUT2D eigenvalue weighted by Crippen LogP contribution is -2.52. The van der Waals surface area contributed by atoms with Crippen LogP contribution in [0.4, 0.5) is 10.5 Å². The van der Waals surface area contributed by atoms with E-state index in [0.29, 0.717) is 19.4 Å². The number of methoxy groups -OCH3 is 1. The first-order valence-electron chi connectivity index (χ1n) is 14.3. The fourth-order valence-corrected chi connectivity index (χ4v) is 7.49. The van der Waals surface area contributed by atoms with E-state index >= 15 is 0 Å². The van der Waals surface area contributed by atoms with Crippen molar-refractivity contribution in [2.45, 2.75) is 102 Å². The summed E-state index contributed by atoms with van der Waals surface area (Å²) in [7, 11) is -2.37. The van der Waals surface area contributed by atoms with Crippen molar-refractivity contribution >= 4 is 27.7 Å². The van der Waals surface area contributed by atoms with Gasteiger partial charge in [0, 0.05) is 31.2 Å². The van der Waals surface area contributed by atoms with Crippen LogP contribution in [-0.2, 0) is 26.0 Å².